The van der Waals surface area contributed by atoms with Gasteiger partial charge in [0.2, 0.25) is 5.91 Å². The molecule has 144 valence electrons. The third kappa shape index (κ3) is 3.08. The molecule has 1 saturated heterocycles. The fraction of sp³-hybridized carbons (Fsp3) is 0.444. The first-order chi connectivity index (χ1) is 12.9. The molecule has 0 radical (unpaired) electrons. The average Bonchev–Trinajstić information content (AvgIpc) is 3.10. The molecular formula is C18H18F3N3O2S. The Balaban J connectivity index is 1.62. The molecule has 0 saturated carbocycles. The lowest BCUT2D eigenvalue weighted by molar-refractivity contribution is -0.124. The molecule has 9 heteroatoms. The first kappa shape index (κ1) is 18.2. The van der Waals surface area contributed by atoms with Crippen molar-refractivity contribution in [1.82, 2.24) is 14.5 Å². The maximum Gasteiger partial charge on any atom is 0.226 e. The predicted molar refractivity (Wildman–Crippen MR) is 93.5 cm³/mol. The van der Waals surface area contributed by atoms with Crippen LogP contribution in [0.2, 0.25) is 0 Å². The van der Waals surface area contributed by atoms with Gasteiger partial charge in [0, 0.05) is 36.5 Å². The van der Waals surface area contributed by atoms with Crippen molar-refractivity contribution in [2.24, 2.45) is 7.05 Å². The molecule has 0 unspecified atom stereocenters. The van der Waals surface area contributed by atoms with Crippen LogP contribution in [0.4, 0.5) is 13.2 Å². The van der Waals surface area contributed by atoms with Gasteiger partial charge in [0.05, 0.1) is 25.7 Å². The van der Waals surface area contributed by atoms with Gasteiger partial charge in [-0.15, -0.1) is 0 Å². The second-order valence-electron chi connectivity index (χ2n) is 6.98. The highest BCUT2D eigenvalue weighted by Crippen LogP contribution is 2.36. The lowest BCUT2D eigenvalue weighted by Gasteiger charge is -2.26. The summed E-state index contributed by atoms with van der Waals surface area (Å²) < 4.78 is 51.0. The molecule has 4 rings (SSSR count). The second-order valence-corrected chi connectivity index (χ2v) is 7.35. The van der Waals surface area contributed by atoms with Crippen LogP contribution in [0.1, 0.15) is 22.9 Å². The van der Waals surface area contributed by atoms with Crippen LogP contribution in [-0.4, -0.2) is 34.3 Å². The average molecular weight is 397 g/mol. The number of hydrogen-bond donors (Lipinski definition) is 1. The zero-order chi connectivity index (χ0) is 19.3. The first-order valence-corrected chi connectivity index (χ1v) is 9.05. The Kier molecular flexibility index (Phi) is 4.59. The molecular weight excluding hydrogens is 379 g/mol. The minimum absolute atomic E-state index is 0.0182. The predicted octanol–water partition coefficient (Wildman–Crippen LogP) is 2.37. The molecule has 3 heterocycles. The molecule has 1 atom stereocenters. The van der Waals surface area contributed by atoms with Crippen molar-refractivity contribution >= 4 is 18.1 Å². The second kappa shape index (κ2) is 6.79. The van der Waals surface area contributed by atoms with Gasteiger partial charge >= 0.3 is 0 Å². The minimum Gasteiger partial charge on any atom is -0.377 e. The summed E-state index contributed by atoms with van der Waals surface area (Å²) in [6, 6.07) is 1.73. The Bertz CT molecular complexity index is 981. The lowest BCUT2D eigenvalue weighted by Crippen LogP contribution is -2.49. The standard InChI is InChI=1S/C18H18F3N3O2S/c1-23-13(5-15(25)22-10-7-26-8-10)14-4-9(6-24(14)18(23)27)16-11(19)2-3-12(20)17(16)21/h2-3,9-10H,4-8H2,1H3,(H,22,25)/t9-/m1/s1. The maximum atomic E-state index is 14.2. The zero-order valence-corrected chi connectivity index (χ0v) is 15.4. The van der Waals surface area contributed by atoms with E-state index in [9.17, 15) is 18.0 Å². The maximum absolute atomic E-state index is 14.2. The fourth-order valence-electron chi connectivity index (χ4n) is 3.78. The van der Waals surface area contributed by atoms with Crippen LogP contribution in [0.15, 0.2) is 12.1 Å². The van der Waals surface area contributed by atoms with E-state index < -0.39 is 23.4 Å². The fourth-order valence-corrected chi connectivity index (χ4v) is 4.07. The molecule has 2 aromatic rings. The van der Waals surface area contributed by atoms with Gasteiger partial charge in [-0.1, -0.05) is 0 Å². The van der Waals surface area contributed by atoms with Gasteiger partial charge in [-0.25, -0.2) is 13.2 Å². The third-order valence-corrected chi connectivity index (χ3v) is 5.74. The molecule has 0 aliphatic carbocycles. The molecule has 0 spiro atoms. The lowest BCUT2D eigenvalue weighted by atomic mass is 9.95. The van der Waals surface area contributed by atoms with E-state index in [1.54, 1.807) is 16.2 Å². The van der Waals surface area contributed by atoms with Crippen molar-refractivity contribution < 1.29 is 22.7 Å². The monoisotopic (exact) mass is 397 g/mol. The molecule has 1 aromatic carbocycles. The number of carbonyl (C=O) groups excluding carboxylic acids is 1. The van der Waals surface area contributed by atoms with Gasteiger partial charge < -0.3 is 19.2 Å². The van der Waals surface area contributed by atoms with Gasteiger partial charge in [-0.2, -0.15) is 0 Å². The van der Waals surface area contributed by atoms with Crippen molar-refractivity contribution in [2.75, 3.05) is 13.2 Å². The Morgan fingerprint density at radius 1 is 1.30 bits per heavy atom. The number of benzene rings is 1. The van der Waals surface area contributed by atoms with E-state index in [2.05, 4.69) is 5.32 Å². The van der Waals surface area contributed by atoms with E-state index in [4.69, 9.17) is 17.0 Å². The summed E-state index contributed by atoms with van der Waals surface area (Å²) >= 11 is 5.42. The van der Waals surface area contributed by atoms with Crippen molar-refractivity contribution in [3.8, 4) is 0 Å². The quantitative estimate of drug-likeness (QED) is 0.637. The molecule has 1 aromatic heterocycles. The summed E-state index contributed by atoms with van der Waals surface area (Å²) in [6.45, 7) is 1.24. The van der Waals surface area contributed by atoms with Crippen LogP contribution in [0.3, 0.4) is 0 Å². The molecule has 1 amide bonds. The topological polar surface area (TPSA) is 48.2 Å². The van der Waals surface area contributed by atoms with E-state index in [-0.39, 0.29) is 36.9 Å². The normalized spacial score (nSPS) is 19.0. The number of fused-ring (bicyclic) bond motifs is 1. The number of rotatable bonds is 4. The highest BCUT2D eigenvalue weighted by atomic mass is 32.1. The Labute approximate surface area is 158 Å². The van der Waals surface area contributed by atoms with Gasteiger partial charge in [0.1, 0.15) is 5.82 Å². The molecule has 5 nitrogen and oxygen atoms in total. The van der Waals surface area contributed by atoms with Crippen LogP contribution < -0.4 is 5.32 Å². The van der Waals surface area contributed by atoms with Crippen molar-refractivity contribution in [1.29, 1.82) is 0 Å². The number of imidazole rings is 1. The van der Waals surface area contributed by atoms with E-state index in [0.29, 0.717) is 23.7 Å². The molecule has 1 N–H and O–H groups in total. The third-order valence-electron chi connectivity index (χ3n) is 5.24. The first-order valence-electron chi connectivity index (χ1n) is 8.64. The number of carbonyl (C=O) groups is 1. The number of amides is 1. The number of halogens is 3. The Hall–Kier alpha value is -2.13. The number of aromatic nitrogens is 2. The number of nitrogens with zero attached hydrogens (tertiary/aromatic N) is 2. The summed E-state index contributed by atoms with van der Waals surface area (Å²) in [4.78, 5) is 12.3. The van der Waals surface area contributed by atoms with E-state index >= 15 is 0 Å². The highest BCUT2D eigenvalue weighted by Gasteiger charge is 2.33. The van der Waals surface area contributed by atoms with Crippen molar-refractivity contribution in [3.63, 3.8) is 0 Å². The number of ether oxygens (including phenoxy) is 1. The summed E-state index contributed by atoms with van der Waals surface area (Å²) in [5.41, 5.74) is 1.20. The van der Waals surface area contributed by atoms with Gasteiger partial charge in [-0.05, 0) is 30.8 Å². The molecule has 1 fully saturated rings. The minimum atomic E-state index is -1.16. The van der Waals surface area contributed by atoms with Crippen LogP contribution in [-0.2, 0) is 36.0 Å². The van der Waals surface area contributed by atoms with Crippen LogP contribution in [0.25, 0.3) is 0 Å². The molecule has 0 bridgehead atoms. The molecule has 27 heavy (non-hydrogen) atoms. The Morgan fingerprint density at radius 3 is 2.67 bits per heavy atom. The van der Waals surface area contributed by atoms with Gasteiger partial charge in [-0.3, -0.25) is 4.79 Å². The summed E-state index contributed by atoms with van der Waals surface area (Å²) in [6.07, 6.45) is 0.400. The largest absolute Gasteiger partial charge is 0.377 e. The van der Waals surface area contributed by atoms with Crippen molar-refractivity contribution in [3.05, 3.63) is 51.3 Å². The Morgan fingerprint density at radius 2 is 2.00 bits per heavy atom. The summed E-state index contributed by atoms with van der Waals surface area (Å²) in [7, 11) is 1.76. The number of hydrogen-bond acceptors (Lipinski definition) is 3. The summed E-state index contributed by atoms with van der Waals surface area (Å²) in [5.74, 6) is -3.74. The smallest absolute Gasteiger partial charge is 0.226 e. The number of nitrogens with one attached hydrogen (secondary N) is 1. The van der Waals surface area contributed by atoms with Crippen LogP contribution in [0, 0.1) is 22.2 Å². The molecule has 2 aliphatic heterocycles. The van der Waals surface area contributed by atoms with Gasteiger partial charge in [0.25, 0.3) is 0 Å². The highest BCUT2D eigenvalue weighted by molar-refractivity contribution is 7.71. The SMILES string of the molecule is Cn1c(CC(=O)NC2COC2)c2n(c1=S)C[C@H](c1c(F)ccc(F)c1F)C2. The summed E-state index contributed by atoms with van der Waals surface area (Å²) in [5, 5.41) is 2.87. The van der Waals surface area contributed by atoms with Gasteiger partial charge in [0.15, 0.2) is 16.4 Å². The van der Waals surface area contributed by atoms with E-state index in [1.807, 2.05) is 0 Å². The van der Waals surface area contributed by atoms with E-state index in [0.717, 1.165) is 17.8 Å². The van der Waals surface area contributed by atoms with Crippen LogP contribution >= 0.6 is 12.2 Å². The van der Waals surface area contributed by atoms with E-state index in [1.165, 1.54) is 0 Å². The van der Waals surface area contributed by atoms with Crippen molar-refractivity contribution in [2.45, 2.75) is 31.3 Å². The zero-order valence-electron chi connectivity index (χ0n) is 14.6. The van der Waals surface area contributed by atoms with Crippen LogP contribution in [0.5, 0.6) is 0 Å². The molecule has 2 aliphatic rings.